The number of amides is 1. The molecule has 1 amide bonds. The summed E-state index contributed by atoms with van der Waals surface area (Å²) in [6.07, 6.45) is 6.17. The summed E-state index contributed by atoms with van der Waals surface area (Å²) in [4.78, 5) is 15.1. The van der Waals surface area contributed by atoms with Gasteiger partial charge < -0.3 is 5.32 Å². The van der Waals surface area contributed by atoms with Crippen molar-refractivity contribution in [2.75, 3.05) is 13.1 Å². The summed E-state index contributed by atoms with van der Waals surface area (Å²) in [5.41, 5.74) is 2.21. The van der Waals surface area contributed by atoms with E-state index >= 15 is 0 Å². The molecule has 3 saturated heterocycles. The number of aromatic nitrogens is 1. The molecule has 3 fully saturated rings. The summed E-state index contributed by atoms with van der Waals surface area (Å²) in [7, 11) is 0. The molecule has 3 aliphatic rings. The Kier molecular flexibility index (Phi) is 3.69. The first-order valence-corrected chi connectivity index (χ1v) is 8.51. The van der Waals surface area contributed by atoms with Gasteiger partial charge in [0.25, 0.3) is 0 Å². The summed E-state index contributed by atoms with van der Waals surface area (Å²) in [6.45, 7) is 4.60. The van der Waals surface area contributed by atoms with E-state index in [9.17, 15) is 4.79 Å². The average molecular weight is 309 g/mol. The van der Waals surface area contributed by atoms with Crippen LogP contribution in [0.1, 0.15) is 19.8 Å². The number of carbonyl (C=O) groups is 1. The van der Waals surface area contributed by atoms with Gasteiger partial charge in [0.1, 0.15) is 0 Å². The van der Waals surface area contributed by atoms with Crippen LogP contribution in [-0.2, 0) is 0 Å². The number of benzene rings is 1. The lowest BCUT2D eigenvalue weighted by molar-refractivity contribution is 0.0267. The second-order valence-electron chi connectivity index (χ2n) is 6.76. The molecule has 120 valence electrons. The SMILES string of the molecule is C[C@@H]1[C@H](NC(=O)n2ccc(-c3ccccc3)c2)C2CCN1CC2. The number of hydrogen-bond donors (Lipinski definition) is 1. The first kappa shape index (κ1) is 14.5. The van der Waals surface area contributed by atoms with Crippen molar-refractivity contribution in [1.82, 2.24) is 14.8 Å². The van der Waals surface area contributed by atoms with E-state index in [4.69, 9.17) is 0 Å². The molecule has 0 radical (unpaired) electrons. The molecular formula is C19H23N3O. The maximum absolute atomic E-state index is 12.6. The van der Waals surface area contributed by atoms with Crippen LogP contribution in [0, 0.1) is 5.92 Å². The van der Waals surface area contributed by atoms with Crippen LogP contribution in [0.3, 0.4) is 0 Å². The van der Waals surface area contributed by atoms with Crippen LogP contribution in [-0.4, -0.2) is 40.7 Å². The fraction of sp³-hybridized carbons (Fsp3) is 0.421. The van der Waals surface area contributed by atoms with Gasteiger partial charge in [-0.1, -0.05) is 30.3 Å². The highest BCUT2D eigenvalue weighted by atomic mass is 16.2. The molecule has 5 rings (SSSR count). The summed E-state index contributed by atoms with van der Waals surface area (Å²) >= 11 is 0. The van der Waals surface area contributed by atoms with Gasteiger partial charge in [0.05, 0.1) is 0 Å². The number of carbonyl (C=O) groups excluding carboxylic acids is 1. The van der Waals surface area contributed by atoms with Crippen molar-refractivity contribution >= 4 is 6.03 Å². The molecular weight excluding hydrogens is 286 g/mol. The van der Waals surface area contributed by atoms with E-state index in [1.54, 1.807) is 4.57 Å². The summed E-state index contributed by atoms with van der Waals surface area (Å²) in [5.74, 6) is 0.628. The monoisotopic (exact) mass is 309 g/mol. The van der Waals surface area contributed by atoms with Gasteiger partial charge in [-0.25, -0.2) is 4.79 Å². The Bertz CT molecular complexity index is 684. The van der Waals surface area contributed by atoms with Crippen LogP contribution >= 0.6 is 0 Å². The van der Waals surface area contributed by atoms with Crippen LogP contribution in [0.15, 0.2) is 48.8 Å². The van der Waals surface area contributed by atoms with E-state index in [0.29, 0.717) is 12.0 Å². The molecule has 2 bridgehead atoms. The van der Waals surface area contributed by atoms with Gasteiger partial charge in [-0.05, 0) is 56.0 Å². The van der Waals surface area contributed by atoms with E-state index in [1.165, 1.54) is 25.9 Å². The van der Waals surface area contributed by atoms with Crippen molar-refractivity contribution < 1.29 is 4.79 Å². The van der Waals surface area contributed by atoms with Gasteiger partial charge in [-0.3, -0.25) is 9.47 Å². The lowest BCUT2D eigenvalue weighted by atomic mass is 9.79. The van der Waals surface area contributed by atoms with E-state index < -0.39 is 0 Å². The molecule has 0 spiro atoms. The van der Waals surface area contributed by atoms with E-state index in [0.717, 1.165) is 11.1 Å². The van der Waals surface area contributed by atoms with Gasteiger partial charge in [-0.15, -0.1) is 0 Å². The van der Waals surface area contributed by atoms with E-state index in [-0.39, 0.29) is 12.1 Å². The maximum atomic E-state index is 12.6. The predicted molar refractivity (Wildman–Crippen MR) is 91.3 cm³/mol. The molecule has 4 heteroatoms. The molecule has 2 aromatic rings. The second-order valence-corrected chi connectivity index (χ2v) is 6.76. The first-order valence-electron chi connectivity index (χ1n) is 8.51. The van der Waals surface area contributed by atoms with Gasteiger partial charge in [-0.2, -0.15) is 0 Å². The Morgan fingerprint density at radius 3 is 2.52 bits per heavy atom. The number of piperidine rings is 3. The fourth-order valence-corrected chi connectivity index (χ4v) is 4.09. The lowest BCUT2D eigenvalue weighted by Crippen LogP contribution is -2.62. The largest absolute Gasteiger partial charge is 0.333 e. The quantitative estimate of drug-likeness (QED) is 0.925. The molecule has 0 saturated carbocycles. The van der Waals surface area contributed by atoms with Crippen LogP contribution in [0.25, 0.3) is 11.1 Å². The molecule has 1 aromatic heterocycles. The van der Waals surface area contributed by atoms with E-state index in [2.05, 4.69) is 29.3 Å². The minimum Gasteiger partial charge on any atom is -0.333 e. The van der Waals surface area contributed by atoms with Crippen LogP contribution in [0.4, 0.5) is 4.79 Å². The Morgan fingerprint density at radius 2 is 1.83 bits per heavy atom. The highest BCUT2D eigenvalue weighted by molar-refractivity contribution is 5.79. The number of nitrogens with one attached hydrogen (secondary N) is 1. The number of rotatable bonds is 2. The van der Waals surface area contributed by atoms with E-state index in [1.807, 2.05) is 36.7 Å². The summed E-state index contributed by atoms with van der Waals surface area (Å²) in [6, 6.07) is 12.8. The van der Waals surface area contributed by atoms with Crippen molar-refractivity contribution in [3.8, 4) is 11.1 Å². The Hall–Kier alpha value is -2.07. The smallest absolute Gasteiger partial charge is 0.325 e. The molecule has 0 unspecified atom stereocenters. The normalized spacial score (nSPS) is 29.4. The van der Waals surface area contributed by atoms with Crippen molar-refractivity contribution in [1.29, 1.82) is 0 Å². The van der Waals surface area contributed by atoms with Gasteiger partial charge >= 0.3 is 6.03 Å². The number of fused-ring (bicyclic) bond motifs is 3. The molecule has 0 aliphatic carbocycles. The minimum absolute atomic E-state index is 0.0159. The third-order valence-corrected chi connectivity index (χ3v) is 5.50. The average Bonchev–Trinajstić information content (AvgIpc) is 3.09. The second kappa shape index (κ2) is 5.85. The Morgan fingerprint density at radius 1 is 1.09 bits per heavy atom. The molecule has 4 nitrogen and oxygen atoms in total. The zero-order chi connectivity index (χ0) is 15.8. The highest BCUT2D eigenvalue weighted by Crippen LogP contribution is 2.32. The van der Waals surface area contributed by atoms with Gasteiger partial charge in [0.15, 0.2) is 0 Å². The van der Waals surface area contributed by atoms with Crippen LogP contribution in [0.2, 0.25) is 0 Å². The standard InChI is InChI=1S/C19H23N3O/c1-14-18(16-7-10-21(14)11-8-16)20-19(23)22-12-9-17(13-22)15-5-3-2-4-6-15/h2-6,9,12-14,16,18H,7-8,10-11H2,1H3,(H,20,23)/t14-,18+/m1/s1. The van der Waals surface area contributed by atoms with Gasteiger partial charge in [0.2, 0.25) is 0 Å². The summed E-state index contributed by atoms with van der Waals surface area (Å²) < 4.78 is 1.67. The number of hydrogen-bond acceptors (Lipinski definition) is 2. The predicted octanol–water partition coefficient (Wildman–Crippen LogP) is 3.20. The molecule has 1 aromatic carbocycles. The van der Waals surface area contributed by atoms with Crippen molar-refractivity contribution in [2.24, 2.45) is 5.92 Å². The Labute approximate surface area is 137 Å². The molecule has 4 heterocycles. The topological polar surface area (TPSA) is 37.3 Å². The van der Waals surface area contributed by atoms with Crippen molar-refractivity contribution in [2.45, 2.75) is 31.8 Å². The zero-order valence-electron chi connectivity index (χ0n) is 13.5. The first-order chi connectivity index (χ1) is 11.2. The molecule has 1 N–H and O–H groups in total. The third kappa shape index (κ3) is 2.68. The lowest BCUT2D eigenvalue weighted by Gasteiger charge is -2.49. The highest BCUT2D eigenvalue weighted by Gasteiger charge is 2.40. The maximum Gasteiger partial charge on any atom is 0.325 e. The Balaban J connectivity index is 1.49. The van der Waals surface area contributed by atoms with Crippen molar-refractivity contribution in [3.05, 3.63) is 48.8 Å². The number of nitrogens with zero attached hydrogens (tertiary/aromatic N) is 2. The molecule has 23 heavy (non-hydrogen) atoms. The molecule has 2 atom stereocenters. The van der Waals surface area contributed by atoms with Crippen molar-refractivity contribution in [3.63, 3.8) is 0 Å². The fourth-order valence-electron chi connectivity index (χ4n) is 4.09. The summed E-state index contributed by atoms with van der Waals surface area (Å²) in [5, 5.41) is 3.26. The van der Waals surface area contributed by atoms with Crippen LogP contribution in [0.5, 0.6) is 0 Å². The molecule has 3 aliphatic heterocycles. The van der Waals surface area contributed by atoms with Crippen LogP contribution < -0.4 is 5.32 Å². The third-order valence-electron chi connectivity index (χ3n) is 5.50. The van der Waals surface area contributed by atoms with Gasteiger partial charge in [0, 0.05) is 24.5 Å². The zero-order valence-corrected chi connectivity index (χ0v) is 13.5. The minimum atomic E-state index is -0.0159.